The van der Waals surface area contributed by atoms with Gasteiger partial charge in [-0.05, 0) is 6.42 Å². The first-order valence-corrected chi connectivity index (χ1v) is 11.9. The van der Waals surface area contributed by atoms with Crippen molar-refractivity contribution < 1.29 is 26.4 Å². The van der Waals surface area contributed by atoms with Crippen LogP contribution in [0.15, 0.2) is 0 Å². The molecule has 4 heteroatoms. The number of hydrogen-bond acceptors (Lipinski definition) is 2. The quantitative estimate of drug-likeness (QED) is 0.135. The molecular formula is C24H50ClNO2. The molecule has 0 aliphatic carbocycles. The van der Waals surface area contributed by atoms with Gasteiger partial charge in [0.15, 0.2) is 0 Å². The lowest BCUT2D eigenvalue weighted by Gasteiger charge is -2.32. The fourth-order valence-corrected chi connectivity index (χ4v) is 3.64. The molecule has 0 fully saturated rings. The van der Waals surface area contributed by atoms with Gasteiger partial charge in [0.2, 0.25) is 6.23 Å². The first-order valence-electron chi connectivity index (χ1n) is 11.9. The lowest BCUT2D eigenvalue weighted by Crippen LogP contribution is -3.00. The van der Waals surface area contributed by atoms with E-state index >= 15 is 0 Å². The maximum absolute atomic E-state index is 12.0. The van der Waals surface area contributed by atoms with Crippen LogP contribution in [0.5, 0.6) is 0 Å². The van der Waals surface area contributed by atoms with Crippen LogP contribution in [0.4, 0.5) is 0 Å². The number of halogens is 1. The summed E-state index contributed by atoms with van der Waals surface area (Å²) in [6.45, 7) is 4.36. The van der Waals surface area contributed by atoms with E-state index in [0.717, 1.165) is 19.3 Å². The zero-order valence-electron chi connectivity index (χ0n) is 19.7. The molecule has 0 aliphatic heterocycles. The van der Waals surface area contributed by atoms with E-state index in [0.29, 0.717) is 10.9 Å². The number of nitrogens with zero attached hydrogens (tertiary/aromatic N) is 1. The molecule has 0 spiro atoms. The molecule has 0 aromatic rings. The van der Waals surface area contributed by atoms with E-state index < -0.39 is 0 Å². The molecule has 3 nitrogen and oxygen atoms in total. The lowest BCUT2D eigenvalue weighted by molar-refractivity contribution is -0.917. The number of hydrogen-bond donors (Lipinski definition) is 0. The van der Waals surface area contributed by atoms with Crippen LogP contribution in [0.25, 0.3) is 0 Å². The number of carbonyl (C=O) groups excluding carboxylic acids is 1. The maximum atomic E-state index is 12.0. The summed E-state index contributed by atoms with van der Waals surface area (Å²) in [7, 11) is 6.24. The second-order valence-electron chi connectivity index (χ2n) is 9.17. The van der Waals surface area contributed by atoms with Gasteiger partial charge in [-0.3, -0.25) is 9.28 Å². The second kappa shape index (κ2) is 20.0. The number of rotatable bonds is 19. The van der Waals surface area contributed by atoms with Crippen LogP contribution in [0.1, 0.15) is 123 Å². The second-order valence-corrected chi connectivity index (χ2v) is 9.17. The largest absolute Gasteiger partial charge is 1.00 e. The molecule has 0 saturated carbocycles. The molecule has 0 heterocycles. The standard InChI is InChI=1S/C24H50NO2.ClH/c1-6-8-9-10-11-12-13-14-15-16-17-18-19-20-21-22-24(26)27-23(7-2)25(3,4)5;/h23H,6-22H2,1-5H3;1H/q+1;/p-1. The van der Waals surface area contributed by atoms with Crippen LogP contribution < -0.4 is 12.4 Å². The van der Waals surface area contributed by atoms with Gasteiger partial charge in [-0.1, -0.05) is 104 Å². The summed E-state index contributed by atoms with van der Waals surface area (Å²) < 4.78 is 6.30. The molecule has 1 atom stereocenters. The van der Waals surface area contributed by atoms with Gasteiger partial charge in [-0.15, -0.1) is 0 Å². The van der Waals surface area contributed by atoms with Gasteiger partial charge in [-0.25, -0.2) is 0 Å². The monoisotopic (exact) mass is 419 g/mol. The summed E-state index contributed by atoms with van der Waals surface area (Å²) in [6, 6.07) is 0. The molecule has 0 amide bonds. The molecular weight excluding hydrogens is 370 g/mol. The van der Waals surface area contributed by atoms with E-state index in [1.165, 1.54) is 83.5 Å². The number of ether oxygens (including phenoxy) is 1. The molecule has 0 aliphatic rings. The van der Waals surface area contributed by atoms with Gasteiger partial charge in [-0.2, -0.15) is 0 Å². The highest BCUT2D eigenvalue weighted by molar-refractivity contribution is 5.69. The SMILES string of the molecule is CCCCCCCCCCCCCCCCCC(=O)OC(CC)[N+](C)(C)C.[Cl-]. The first kappa shape index (κ1) is 29.9. The molecule has 170 valence electrons. The molecule has 0 aromatic carbocycles. The summed E-state index contributed by atoms with van der Waals surface area (Å²) in [5, 5.41) is 0. The van der Waals surface area contributed by atoms with Crippen LogP contribution in [0.3, 0.4) is 0 Å². The maximum Gasteiger partial charge on any atom is 0.310 e. The van der Waals surface area contributed by atoms with Gasteiger partial charge in [0.25, 0.3) is 0 Å². The molecule has 0 rings (SSSR count). The highest BCUT2D eigenvalue weighted by atomic mass is 35.5. The van der Waals surface area contributed by atoms with Gasteiger partial charge in [0, 0.05) is 12.8 Å². The third-order valence-electron chi connectivity index (χ3n) is 5.47. The summed E-state index contributed by atoms with van der Waals surface area (Å²) >= 11 is 0. The van der Waals surface area contributed by atoms with Gasteiger partial charge in [0.05, 0.1) is 21.1 Å². The number of esters is 1. The average Bonchev–Trinajstić information content (AvgIpc) is 2.62. The van der Waals surface area contributed by atoms with Gasteiger partial charge < -0.3 is 17.1 Å². The Bertz CT molecular complexity index is 342. The van der Waals surface area contributed by atoms with Crippen LogP contribution >= 0.6 is 0 Å². The van der Waals surface area contributed by atoms with E-state index in [-0.39, 0.29) is 24.6 Å². The Hall–Kier alpha value is -0.280. The summed E-state index contributed by atoms with van der Waals surface area (Å²) in [4.78, 5) is 12.0. The highest BCUT2D eigenvalue weighted by Crippen LogP contribution is 2.15. The Balaban J connectivity index is 0. The molecule has 0 radical (unpaired) electrons. The lowest BCUT2D eigenvalue weighted by atomic mass is 10.0. The number of quaternary nitrogens is 1. The third-order valence-corrected chi connectivity index (χ3v) is 5.47. The Morgan fingerprint density at radius 3 is 1.36 bits per heavy atom. The van der Waals surface area contributed by atoms with Crippen molar-refractivity contribution >= 4 is 5.97 Å². The predicted octanol–water partition coefficient (Wildman–Crippen LogP) is 4.24. The molecule has 0 saturated heterocycles. The predicted molar refractivity (Wildman–Crippen MR) is 118 cm³/mol. The van der Waals surface area contributed by atoms with E-state index in [4.69, 9.17) is 4.74 Å². The zero-order valence-corrected chi connectivity index (χ0v) is 20.5. The fraction of sp³-hybridized carbons (Fsp3) is 0.958. The van der Waals surface area contributed by atoms with Crippen LogP contribution in [0, 0.1) is 0 Å². The van der Waals surface area contributed by atoms with Crippen molar-refractivity contribution in [2.24, 2.45) is 0 Å². The molecule has 0 aromatic heterocycles. The van der Waals surface area contributed by atoms with Crippen molar-refractivity contribution in [2.45, 2.75) is 129 Å². The zero-order chi connectivity index (χ0) is 20.4. The van der Waals surface area contributed by atoms with Crippen molar-refractivity contribution in [3.8, 4) is 0 Å². The Labute approximate surface area is 183 Å². The van der Waals surface area contributed by atoms with E-state index in [2.05, 4.69) is 35.0 Å². The fourth-order valence-electron chi connectivity index (χ4n) is 3.64. The molecule has 28 heavy (non-hydrogen) atoms. The van der Waals surface area contributed by atoms with E-state index in [9.17, 15) is 4.79 Å². The van der Waals surface area contributed by atoms with Gasteiger partial charge in [0.1, 0.15) is 0 Å². The summed E-state index contributed by atoms with van der Waals surface area (Å²) in [5.74, 6) is -0.0235. The topological polar surface area (TPSA) is 26.3 Å². The van der Waals surface area contributed by atoms with E-state index in [1.54, 1.807) is 0 Å². The molecule has 0 N–H and O–H groups in total. The van der Waals surface area contributed by atoms with Crippen LogP contribution in [0.2, 0.25) is 0 Å². The van der Waals surface area contributed by atoms with Crippen molar-refractivity contribution in [1.82, 2.24) is 0 Å². The smallest absolute Gasteiger partial charge is 0.310 e. The normalized spacial score (nSPS) is 12.5. The molecule has 1 unspecified atom stereocenters. The van der Waals surface area contributed by atoms with Crippen molar-refractivity contribution in [1.29, 1.82) is 0 Å². The first-order chi connectivity index (χ1) is 12.9. The highest BCUT2D eigenvalue weighted by Gasteiger charge is 2.25. The number of carbonyl (C=O) groups is 1. The molecule has 0 bridgehead atoms. The van der Waals surface area contributed by atoms with Crippen molar-refractivity contribution in [2.75, 3.05) is 21.1 Å². The average molecular weight is 420 g/mol. The van der Waals surface area contributed by atoms with Crippen LogP contribution in [-0.2, 0) is 9.53 Å². The van der Waals surface area contributed by atoms with Crippen molar-refractivity contribution in [3.05, 3.63) is 0 Å². The summed E-state index contributed by atoms with van der Waals surface area (Å²) in [5.41, 5.74) is 0. The minimum atomic E-state index is -0.0235. The van der Waals surface area contributed by atoms with Gasteiger partial charge >= 0.3 is 5.97 Å². The van der Waals surface area contributed by atoms with Crippen LogP contribution in [-0.4, -0.2) is 37.8 Å². The minimum Gasteiger partial charge on any atom is -1.00 e. The van der Waals surface area contributed by atoms with E-state index in [1.807, 2.05) is 0 Å². The number of unbranched alkanes of at least 4 members (excludes halogenated alkanes) is 14. The van der Waals surface area contributed by atoms with Crippen molar-refractivity contribution in [3.63, 3.8) is 0 Å². The summed E-state index contributed by atoms with van der Waals surface area (Å²) in [6.07, 6.45) is 21.7. The minimum absolute atomic E-state index is 0. The Morgan fingerprint density at radius 2 is 1.04 bits per heavy atom. The third kappa shape index (κ3) is 19.1. The Morgan fingerprint density at radius 1 is 0.679 bits per heavy atom. The Kier molecular flexibility index (Phi) is 21.4.